The van der Waals surface area contributed by atoms with Crippen LogP contribution < -0.4 is 11.1 Å². The van der Waals surface area contributed by atoms with Gasteiger partial charge in [0.1, 0.15) is 6.04 Å². The van der Waals surface area contributed by atoms with E-state index in [1.165, 1.54) is 6.92 Å². The summed E-state index contributed by atoms with van der Waals surface area (Å²) in [5, 5.41) is 19.3. The highest BCUT2D eigenvalue weighted by Crippen LogP contribution is 2.08. The number of carboxylic acid groups (broad SMARTS) is 2. The van der Waals surface area contributed by atoms with E-state index in [1.54, 1.807) is 0 Å². The second kappa shape index (κ2) is 10.7. The molecular weight excluding hydrogens is 328 g/mol. The van der Waals surface area contributed by atoms with E-state index in [0.29, 0.717) is 0 Å². The van der Waals surface area contributed by atoms with Crippen LogP contribution in [0.4, 0.5) is 0 Å². The van der Waals surface area contributed by atoms with Crippen molar-refractivity contribution in [2.24, 2.45) is 5.73 Å². The summed E-state index contributed by atoms with van der Waals surface area (Å²) in [5.74, 6) is -3.48. The maximum Gasteiger partial charge on any atom is 0.320 e. The van der Waals surface area contributed by atoms with Crippen molar-refractivity contribution < 1.29 is 34.2 Å². The molecule has 9 nitrogen and oxygen atoms in total. The maximum absolute atomic E-state index is 11.9. The molecule has 0 radical (unpaired) electrons. The Labute approximate surface area is 137 Å². The fourth-order valence-electron chi connectivity index (χ4n) is 1.50. The zero-order valence-electron chi connectivity index (χ0n) is 12.6. The Bertz CT molecular complexity index is 481. The van der Waals surface area contributed by atoms with Gasteiger partial charge in [-0.3, -0.25) is 24.0 Å². The summed E-state index contributed by atoms with van der Waals surface area (Å²) in [6.07, 6.45) is -0.939. The Hall–Kier alpha value is -1.94. The molecule has 0 heterocycles. The molecule has 5 N–H and O–H groups in total. The SMILES string of the molecule is CC(=O)SC[C@H](NC(=O)CC[C@H](N)C(=O)O)C(=O)CCC(=O)O. The van der Waals surface area contributed by atoms with Crippen molar-refractivity contribution in [1.29, 1.82) is 0 Å². The summed E-state index contributed by atoms with van der Waals surface area (Å²) in [6.45, 7) is 1.30. The molecule has 0 bridgehead atoms. The molecule has 0 unspecified atom stereocenters. The quantitative estimate of drug-likeness (QED) is 0.381. The number of amides is 1. The number of nitrogens with one attached hydrogen (secondary N) is 1. The molecule has 1 amide bonds. The zero-order valence-corrected chi connectivity index (χ0v) is 13.4. The fraction of sp³-hybridized carbons (Fsp3) is 0.615. The van der Waals surface area contributed by atoms with E-state index in [-0.39, 0.29) is 36.6 Å². The molecule has 23 heavy (non-hydrogen) atoms. The average molecular weight is 348 g/mol. The second-order valence-electron chi connectivity index (χ2n) is 4.77. The number of aliphatic carboxylic acids is 2. The number of carbonyl (C=O) groups excluding carboxylic acids is 3. The topological polar surface area (TPSA) is 164 Å². The molecule has 130 valence electrons. The number of nitrogens with two attached hydrogens (primary N) is 1. The molecule has 2 atom stereocenters. The Kier molecular flexibility index (Phi) is 9.83. The van der Waals surface area contributed by atoms with Gasteiger partial charge in [0, 0.05) is 25.5 Å². The van der Waals surface area contributed by atoms with Crippen LogP contribution >= 0.6 is 11.8 Å². The number of rotatable bonds is 11. The fourth-order valence-corrected chi connectivity index (χ4v) is 2.17. The van der Waals surface area contributed by atoms with Gasteiger partial charge < -0.3 is 21.3 Å². The van der Waals surface area contributed by atoms with Crippen LogP contribution in [-0.2, 0) is 24.0 Å². The summed E-state index contributed by atoms with van der Waals surface area (Å²) in [6, 6.07) is -2.19. The van der Waals surface area contributed by atoms with Gasteiger partial charge in [-0.2, -0.15) is 0 Å². The van der Waals surface area contributed by atoms with E-state index in [0.717, 1.165) is 11.8 Å². The molecule has 0 fully saturated rings. The van der Waals surface area contributed by atoms with Gasteiger partial charge in [-0.25, -0.2) is 0 Å². The number of ketones is 1. The van der Waals surface area contributed by atoms with Crippen LogP contribution in [0.5, 0.6) is 0 Å². The summed E-state index contributed by atoms with van der Waals surface area (Å²) in [7, 11) is 0. The molecule has 0 aliphatic rings. The van der Waals surface area contributed by atoms with Crippen molar-refractivity contribution in [3.63, 3.8) is 0 Å². The summed E-state index contributed by atoms with van der Waals surface area (Å²) in [4.78, 5) is 55.7. The first-order valence-electron chi connectivity index (χ1n) is 6.79. The monoisotopic (exact) mass is 348 g/mol. The van der Waals surface area contributed by atoms with Crippen LogP contribution in [-0.4, -0.2) is 56.8 Å². The Morgan fingerprint density at radius 3 is 2.17 bits per heavy atom. The standard InChI is InChI=1S/C13H20N2O7S/c1-7(16)23-6-9(10(17)3-5-12(19)20)15-11(18)4-2-8(14)13(21)22/h8-9H,2-6,14H2,1H3,(H,15,18)(H,19,20)(H,21,22)/t8-,9-/m0/s1. The molecule has 0 aromatic carbocycles. The van der Waals surface area contributed by atoms with E-state index >= 15 is 0 Å². The van der Waals surface area contributed by atoms with E-state index in [9.17, 15) is 24.0 Å². The molecule has 0 saturated carbocycles. The number of hydrogen-bond acceptors (Lipinski definition) is 7. The Balaban J connectivity index is 4.57. The predicted molar refractivity (Wildman–Crippen MR) is 81.8 cm³/mol. The highest BCUT2D eigenvalue weighted by atomic mass is 32.2. The molecule has 0 saturated heterocycles. The smallest absolute Gasteiger partial charge is 0.320 e. The Morgan fingerprint density at radius 1 is 1.09 bits per heavy atom. The Morgan fingerprint density at radius 2 is 1.70 bits per heavy atom. The maximum atomic E-state index is 11.9. The van der Waals surface area contributed by atoms with Gasteiger partial charge in [-0.05, 0) is 6.42 Å². The lowest BCUT2D eigenvalue weighted by Gasteiger charge is -2.17. The minimum atomic E-state index is -1.24. The second-order valence-corrected chi connectivity index (χ2v) is 5.96. The van der Waals surface area contributed by atoms with E-state index in [2.05, 4.69) is 5.32 Å². The normalized spacial score (nSPS) is 13.0. The van der Waals surface area contributed by atoms with E-state index in [1.807, 2.05) is 0 Å². The highest BCUT2D eigenvalue weighted by Gasteiger charge is 2.23. The molecular formula is C13H20N2O7S. The van der Waals surface area contributed by atoms with Crippen LogP contribution in [0.25, 0.3) is 0 Å². The van der Waals surface area contributed by atoms with Crippen LogP contribution in [0.15, 0.2) is 0 Å². The zero-order chi connectivity index (χ0) is 18.0. The van der Waals surface area contributed by atoms with Crippen LogP contribution in [0.1, 0.15) is 32.6 Å². The third-order valence-electron chi connectivity index (χ3n) is 2.76. The van der Waals surface area contributed by atoms with Crippen molar-refractivity contribution in [2.75, 3.05) is 5.75 Å². The van der Waals surface area contributed by atoms with Crippen LogP contribution in [0.2, 0.25) is 0 Å². The van der Waals surface area contributed by atoms with E-state index < -0.39 is 35.7 Å². The van der Waals surface area contributed by atoms with Gasteiger partial charge in [0.15, 0.2) is 10.9 Å². The van der Waals surface area contributed by atoms with Gasteiger partial charge in [0.05, 0.1) is 12.5 Å². The number of Topliss-reactive ketones (excluding diaryl/α,β-unsaturated/α-hetero) is 1. The molecule has 0 aromatic heterocycles. The molecule has 10 heteroatoms. The van der Waals surface area contributed by atoms with Gasteiger partial charge in [0.2, 0.25) is 5.91 Å². The molecule has 0 spiro atoms. The molecule has 0 aliphatic carbocycles. The van der Waals surface area contributed by atoms with Crippen molar-refractivity contribution in [2.45, 2.75) is 44.7 Å². The van der Waals surface area contributed by atoms with Crippen LogP contribution in [0.3, 0.4) is 0 Å². The summed E-state index contributed by atoms with van der Waals surface area (Å²) < 4.78 is 0. The van der Waals surface area contributed by atoms with Crippen molar-refractivity contribution in [1.82, 2.24) is 5.32 Å². The number of carbonyl (C=O) groups is 5. The minimum Gasteiger partial charge on any atom is -0.481 e. The average Bonchev–Trinajstić information content (AvgIpc) is 2.45. The molecule has 0 rings (SSSR count). The van der Waals surface area contributed by atoms with Crippen molar-refractivity contribution in [3.8, 4) is 0 Å². The van der Waals surface area contributed by atoms with Crippen LogP contribution in [0, 0.1) is 0 Å². The summed E-state index contributed by atoms with van der Waals surface area (Å²) >= 11 is 0.833. The van der Waals surface area contributed by atoms with Gasteiger partial charge in [-0.1, -0.05) is 11.8 Å². The molecule has 0 aromatic rings. The predicted octanol–water partition coefficient (Wildman–Crippen LogP) is -0.623. The van der Waals surface area contributed by atoms with Gasteiger partial charge >= 0.3 is 11.9 Å². The lowest BCUT2D eigenvalue weighted by atomic mass is 10.1. The third kappa shape index (κ3) is 10.4. The largest absolute Gasteiger partial charge is 0.481 e. The third-order valence-corrected chi connectivity index (χ3v) is 3.67. The minimum absolute atomic E-state index is 0.00941. The first-order chi connectivity index (χ1) is 10.6. The first kappa shape index (κ1) is 21.1. The van der Waals surface area contributed by atoms with Crippen molar-refractivity contribution >= 4 is 40.5 Å². The molecule has 0 aliphatic heterocycles. The lowest BCUT2D eigenvalue weighted by Crippen LogP contribution is -2.43. The number of hydrogen-bond donors (Lipinski definition) is 4. The van der Waals surface area contributed by atoms with Gasteiger partial charge in [-0.15, -0.1) is 0 Å². The number of carboxylic acids is 2. The number of thioether (sulfide) groups is 1. The lowest BCUT2D eigenvalue weighted by molar-refractivity contribution is -0.139. The highest BCUT2D eigenvalue weighted by molar-refractivity contribution is 8.13. The van der Waals surface area contributed by atoms with Gasteiger partial charge in [0.25, 0.3) is 0 Å². The summed E-state index contributed by atoms with van der Waals surface area (Å²) in [5.41, 5.74) is 5.27. The van der Waals surface area contributed by atoms with E-state index in [4.69, 9.17) is 15.9 Å². The van der Waals surface area contributed by atoms with Crippen molar-refractivity contribution in [3.05, 3.63) is 0 Å². The first-order valence-corrected chi connectivity index (χ1v) is 7.77.